The number of hydrogen-bond donors (Lipinski definition) is 1. The number of aromatic nitrogens is 3. The van der Waals surface area contributed by atoms with Gasteiger partial charge in [-0.2, -0.15) is 4.98 Å². The van der Waals surface area contributed by atoms with Crippen molar-refractivity contribution in [3.8, 4) is 11.3 Å². The standard InChI is InChI=1S/C18H22Cl2N6O/c19-14-3-1-2-13(15(14)20)16-17(21)22-18(24-23-16)26-8-6-25(7-9-26)12-4-10-27-11-5-12/h1-3,12H,4-11H2,(H2,21,22,24). The van der Waals surface area contributed by atoms with Gasteiger partial charge in [0.2, 0.25) is 5.95 Å². The Hall–Kier alpha value is -1.67. The Bertz CT molecular complexity index is 806. The van der Waals surface area contributed by atoms with Gasteiger partial charge >= 0.3 is 0 Å². The zero-order valence-electron chi connectivity index (χ0n) is 14.9. The van der Waals surface area contributed by atoms with Gasteiger partial charge in [0.1, 0.15) is 5.69 Å². The summed E-state index contributed by atoms with van der Waals surface area (Å²) in [7, 11) is 0. The number of ether oxygens (including phenoxy) is 1. The molecule has 4 rings (SSSR count). The van der Waals surface area contributed by atoms with Crippen molar-refractivity contribution in [2.75, 3.05) is 50.0 Å². The summed E-state index contributed by atoms with van der Waals surface area (Å²) in [4.78, 5) is 9.14. The molecule has 7 nitrogen and oxygen atoms in total. The molecule has 3 heterocycles. The van der Waals surface area contributed by atoms with Gasteiger partial charge in [-0.1, -0.05) is 35.3 Å². The molecule has 2 fully saturated rings. The van der Waals surface area contributed by atoms with Gasteiger partial charge in [0.05, 0.1) is 10.0 Å². The van der Waals surface area contributed by atoms with E-state index >= 15 is 0 Å². The van der Waals surface area contributed by atoms with Crippen LogP contribution < -0.4 is 10.6 Å². The van der Waals surface area contributed by atoms with E-state index < -0.39 is 0 Å². The number of hydrogen-bond acceptors (Lipinski definition) is 7. The van der Waals surface area contributed by atoms with Crippen LogP contribution in [0.1, 0.15) is 12.8 Å². The lowest BCUT2D eigenvalue weighted by atomic mass is 10.1. The van der Waals surface area contributed by atoms with Crippen LogP contribution in [-0.4, -0.2) is 65.5 Å². The molecule has 2 aliphatic heterocycles. The van der Waals surface area contributed by atoms with Crippen LogP contribution in [0, 0.1) is 0 Å². The van der Waals surface area contributed by atoms with Gasteiger partial charge < -0.3 is 15.4 Å². The number of nitrogens with two attached hydrogens (primary N) is 1. The molecular weight excluding hydrogens is 387 g/mol. The molecule has 0 unspecified atom stereocenters. The Morgan fingerprint density at radius 1 is 1.04 bits per heavy atom. The predicted octanol–water partition coefficient (Wildman–Crippen LogP) is 2.73. The van der Waals surface area contributed by atoms with E-state index in [2.05, 4.69) is 25.0 Å². The molecule has 0 saturated carbocycles. The minimum Gasteiger partial charge on any atom is -0.382 e. The summed E-state index contributed by atoms with van der Waals surface area (Å²) in [5.41, 5.74) is 7.24. The zero-order chi connectivity index (χ0) is 18.8. The van der Waals surface area contributed by atoms with E-state index in [1.807, 2.05) is 6.07 Å². The summed E-state index contributed by atoms with van der Waals surface area (Å²) in [5, 5.41) is 9.43. The first kappa shape index (κ1) is 18.7. The minimum atomic E-state index is 0.302. The maximum absolute atomic E-state index is 6.27. The molecule has 0 aliphatic carbocycles. The van der Waals surface area contributed by atoms with Crippen molar-refractivity contribution in [3.05, 3.63) is 28.2 Å². The first-order valence-electron chi connectivity index (χ1n) is 9.15. The SMILES string of the molecule is Nc1nc(N2CCN(C3CCOCC3)CC2)nnc1-c1cccc(Cl)c1Cl. The van der Waals surface area contributed by atoms with Crippen LogP contribution in [0.15, 0.2) is 18.2 Å². The lowest BCUT2D eigenvalue weighted by Gasteiger charge is -2.40. The minimum absolute atomic E-state index is 0.302. The molecule has 0 bridgehead atoms. The number of benzene rings is 1. The Morgan fingerprint density at radius 3 is 2.48 bits per heavy atom. The average Bonchev–Trinajstić information content (AvgIpc) is 2.71. The second-order valence-electron chi connectivity index (χ2n) is 6.81. The molecule has 0 spiro atoms. The van der Waals surface area contributed by atoms with Crippen molar-refractivity contribution >= 4 is 35.0 Å². The molecule has 0 atom stereocenters. The second-order valence-corrected chi connectivity index (χ2v) is 7.60. The van der Waals surface area contributed by atoms with Crippen LogP contribution in [0.2, 0.25) is 10.0 Å². The Labute approximate surface area is 168 Å². The van der Waals surface area contributed by atoms with E-state index in [0.29, 0.717) is 39.1 Å². The van der Waals surface area contributed by atoms with Crippen LogP contribution in [-0.2, 0) is 4.74 Å². The molecule has 144 valence electrons. The highest BCUT2D eigenvalue weighted by atomic mass is 35.5. The van der Waals surface area contributed by atoms with E-state index in [0.717, 1.165) is 52.2 Å². The Kier molecular flexibility index (Phi) is 5.63. The lowest BCUT2D eigenvalue weighted by molar-refractivity contribution is 0.0320. The van der Waals surface area contributed by atoms with Crippen LogP contribution >= 0.6 is 23.2 Å². The Morgan fingerprint density at radius 2 is 1.78 bits per heavy atom. The molecule has 0 radical (unpaired) electrons. The van der Waals surface area contributed by atoms with Crippen LogP contribution in [0.25, 0.3) is 11.3 Å². The van der Waals surface area contributed by atoms with E-state index in [-0.39, 0.29) is 0 Å². The fraction of sp³-hybridized carbons (Fsp3) is 0.500. The number of rotatable bonds is 3. The number of anilines is 2. The van der Waals surface area contributed by atoms with Crippen molar-refractivity contribution < 1.29 is 4.74 Å². The highest BCUT2D eigenvalue weighted by molar-refractivity contribution is 6.43. The molecule has 1 aromatic heterocycles. The summed E-state index contributed by atoms with van der Waals surface area (Å²) < 4.78 is 5.46. The number of nitrogens with zero attached hydrogens (tertiary/aromatic N) is 5. The van der Waals surface area contributed by atoms with Gasteiger partial charge in [-0.15, -0.1) is 10.2 Å². The van der Waals surface area contributed by atoms with E-state index in [1.165, 1.54) is 0 Å². The first-order valence-corrected chi connectivity index (χ1v) is 9.90. The molecule has 27 heavy (non-hydrogen) atoms. The number of piperazine rings is 1. The van der Waals surface area contributed by atoms with Gasteiger partial charge in [0.15, 0.2) is 5.82 Å². The summed E-state index contributed by atoms with van der Waals surface area (Å²) >= 11 is 12.4. The third-order valence-corrected chi connectivity index (χ3v) is 6.03. The second kappa shape index (κ2) is 8.14. The maximum Gasteiger partial charge on any atom is 0.247 e. The average molecular weight is 409 g/mol. The Balaban J connectivity index is 1.46. The highest BCUT2D eigenvalue weighted by Gasteiger charge is 2.27. The quantitative estimate of drug-likeness (QED) is 0.835. The van der Waals surface area contributed by atoms with Crippen molar-refractivity contribution in [2.45, 2.75) is 18.9 Å². The maximum atomic E-state index is 6.27. The topological polar surface area (TPSA) is 80.4 Å². The van der Waals surface area contributed by atoms with E-state index in [4.69, 9.17) is 33.7 Å². The molecule has 1 aromatic carbocycles. The smallest absolute Gasteiger partial charge is 0.247 e. The number of halogens is 2. The highest BCUT2D eigenvalue weighted by Crippen LogP contribution is 2.34. The third kappa shape index (κ3) is 3.96. The monoisotopic (exact) mass is 408 g/mol. The zero-order valence-corrected chi connectivity index (χ0v) is 16.5. The molecule has 0 amide bonds. The summed E-state index contributed by atoms with van der Waals surface area (Å²) in [6.07, 6.45) is 2.22. The molecule has 2 N–H and O–H groups in total. The summed E-state index contributed by atoms with van der Waals surface area (Å²) in [6, 6.07) is 5.95. The van der Waals surface area contributed by atoms with Crippen LogP contribution in [0.5, 0.6) is 0 Å². The van der Waals surface area contributed by atoms with Crippen molar-refractivity contribution in [3.63, 3.8) is 0 Å². The first-order chi connectivity index (χ1) is 13.1. The van der Waals surface area contributed by atoms with Crippen molar-refractivity contribution in [1.29, 1.82) is 0 Å². The fourth-order valence-corrected chi connectivity index (χ4v) is 4.07. The third-order valence-electron chi connectivity index (χ3n) is 5.21. The van der Waals surface area contributed by atoms with Gasteiger partial charge in [0.25, 0.3) is 0 Å². The van der Waals surface area contributed by atoms with E-state index in [9.17, 15) is 0 Å². The predicted molar refractivity (Wildman–Crippen MR) is 107 cm³/mol. The van der Waals surface area contributed by atoms with Crippen molar-refractivity contribution in [2.24, 2.45) is 0 Å². The summed E-state index contributed by atoms with van der Waals surface area (Å²) in [6.45, 7) is 5.40. The normalized spacial score (nSPS) is 19.4. The lowest BCUT2D eigenvalue weighted by Crippen LogP contribution is -2.52. The molecular formula is C18H22Cl2N6O. The fourth-order valence-electron chi connectivity index (χ4n) is 3.68. The molecule has 2 aliphatic rings. The van der Waals surface area contributed by atoms with E-state index in [1.54, 1.807) is 12.1 Å². The molecule has 2 aromatic rings. The van der Waals surface area contributed by atoms with Crippen molar-refractivity contribution in [1.82, 2.24) is 20.1 Å². The largest absolute Gasteiger partial charge is 0.382 e. The molecule has 9 heteroatoms. The van der Waals surface area contributed by atoms with Crippen LogP contribution in [0.4, 0.5) is 11.8 Å². The van der Waals surface area contributed by atoms with Crippen LogP contribution in [0.3, 0.4) is 0 Å². The van der Waals surface area contributed by atoms with Gasteiger partial charge in [0, 0.05) is 51.0 Å². The summed E-state index contributed by atoms with van der Waals surface area (Å²) in [5.74, 6) is 0.858. The van der Waals surface area contributed by atoms with Gasteiger partial charge in [-0.3, -0.25) is 4.90 Å². The van der Waals surface area contributed by atoms with Gasteiger partial charge in [-0.25, -0.2) is 0 Å². The molecule has 2 saturated heterocycles. The number of nitrogen functional groups attached to an aromatic ring is 1. The van der Waals surface area contributed by atoms with Gasteiger partial charge in [-0.05, 0) is 18.9 Å².